The summed E-state index contributed by atoms with van der Waals surface area (Å²) in [4.78, 5) is 19.6. The minimum absolute atomic E-state index is 0. The third-order valence-corrected chi connectivity index (χ3v) is 5.13. The lowest BCUT2D eigenvalue weighted by Gasteiger charge is -2.28. The van der Waals surface area contributed by atoms with Crippen molar-refractivity contribution in [2.24, 2.45) is 17.6 Å². The number of nitrogens with two attached hydrogens (primary N) is 1. The van der Waals surface area contributed by atoms with Gasteiger partial charge in [0, 0.05) is 18.7 Å². The SMILES string of the molecule is Cc1cccc(CN(Cc2ccccn2)C(=O)[C@@H]2CCC[C@@H]2CN)c1.Cl.Cl. The van der Waals surface area contributed by atoms with Gasteiger partial charge in [0.15, 0.2) is 0 Å². The van der Waals surface area contributed by atoms with E-state index in [1.807, 2.05) is 29.2 Å². The second kappa shape index (κ2) is 11.3. The largest absolute Gasteiger partial charge is 0.332 e. The quantitative estimate of drug-likeness (QED) is 0.779. The zero-order valence-corrected chi connectivity index (χ0v) is 17.3. The van der Waals surface area contributed by atoms with E-state index in [9.17, 15) is 4.79 Å². The molecule has 1 saturated carbocycles. The van der Waals surface area contributed by atoms with E-state index in [2.05, 4.69) is 30.1 Å². The lowest BCUT2D eigenvalue weighted by atomic mass is 9.94. The summed E-state index contributed by atoms with van der Waals surface area (Å²) in [6.45, 7) is 3.83. The molecule has 3 rings (SSSR count). The first-order valence-electron chi connectivity index (χ1n) is 9.11. The zero-order valence-electron chi connectivity index (χ0n) is 15.7. The molecule has 27 heavy (non-hydrogen) atoms. The molecule has 1 aromatic carbocycles. The van der Waals surface area contributed by atoms with Gasteiger partial charge in [-0.05, 0) is 49.9 Å². The number of hydrogen-bond acceptors (Lipinski definition) is 3. The molecule has 2 atom stereocenters. The van der Waals surface area contributed by atoms with Crippen LogP contribution in [0.1, 0.15) is 36.1 Å². The van der Waals surface area contributed by atoms with Gasteiger partial charge in [-0.3, -0.25) is 9.78 Å². The Morgan fingerprint density at radius 1 is 1.15 bits per heavy atom. The van der Waals surface area contributed by atoms with Crippen LogP contribution in [0.25, 0.3) is 0 Å². The molecule has 6 heteroatoms. The maximum absolute atomic E-state index is 13.3. The molecule has 0 radical (unpaired) electrons. The fraction of sp³-hybridized carbons (Fsp3) is 0.429. The van der Waals surface area contributed by atoms with Crippen molar-refractivity contribution in [2.45, 2.75) is 39.3 Å². The van der Waals surface area contributed by atoms with E-state index in [-0.39, 0.29) is 36.6 Å². The van der Waals surface area contributed by atoms with Crippen LogP contribution >= 0.6 is 24.8 Å². The van der Waals surface area contributed by atoms with Crippen molar-refractivity contribution in [1.29, 1.82) is 0 Å². The Balaban J connectivity index is 0.00000182. The summed E-state index contributed by atoms with van der Waals surface area (Å²) in [7, 11) is 0. The molecule has 1 aromatic heterocycles. The summed E-state index contributed by atoms with van der Waals surface area (Å²) in [5.41, 5.74) is 9.20. The summed E-state index contributed by atoms with van der Waals surface area (Å²) in [5, 5.41) is 0. The Kier molecular flexibility index (Phi) is 9.78. The molecular formula is C21H29Cl2N3O. The van der Waals surface area contributed by atoms with Crippen LogP contribution in [0.4, 0.5) is 0 Å². The molecule has 1 aliphatic carbocycles. The second-order valence-electron chi connectivity index (χ2n) is 7.04. The van der Waals surface area contributed by atoms with Gasteiger partial charge in [0.2, 0.25) is 5.91 Å². The smallest absolute Gasteiger partial charge is 0.226 e. The van der Waals surface area contributed by atoms with E-state index in [0.717, 1.165) is 30.5 Å². The Bertz CT molecular complexity index is 712. The number of carbonyl (C=O) groups is 1. The molecule has 0 aliphatic heterocycles. The van der Waals surface area contributed by atoms with Gasteiger partial charge in [0.25, 0.3) is 0 Å². The summed E-state index contributed by atoms with van der Waals surface area (Å²) in [6, 6.07) is 14.2. The predicted octanol–water partition coefficient (Wildman–Crippen LogP) is 4.14. The highest BCUT2D eigenvalue weighted by Gasteiger charge is 2.34. The van der Waals surface area contributed by atoms with E-state index < -0.39 is 0 Å². The van der Waals surface area contributed by atoms with Gasteiger partial charge in [-0.15, -0.1) is 24.8 Å². The Morgan fingerprint density at radius 3 is 2.63 bits per heavy atom. The summed E-state index contributed by atoms with van der Waals surface area (Å²) in [5.74, 6) is 0.592. The first kappa shape index (κ1) is 23.4. The predicted molar refractivity (Wildman–Crippen MR) is 114 cm³/mol. The van der Waals surface area contributed by atoms with Crippen molar-refractivity contribution in [3.63, 3.8) is 0 Å². The van der Waals surface area contributed by atoms with Crippen molar-refractivity contribution in [3.8, 4) is 0 Å². The normalized spacial score (nSPS) is 18.3. The van der Waals surface area contributed by atoms with E-state index in [0.29, 0.717) is 25.6 Å². The molecule has 1 heterocycles. The number of amides is 1. The molecule has 0 spiro atoms. The topological polar surface area (TPSA) is 59.2 Å². The molecule has 1 aliphatic rings. The number of aromatic nitrogens is 1. The van der Waals surface area contributed by atoms with Crippen LogP contribution in [-0.4, -0.2) is 22.3 Å². The van der Waals surface area contributed by atoms with E-state index in [1.54, 1.807) is 6.20 Å². The zero-order chi connectivity index (χ0) is 17.6. The first-order valence-corrected chi connectivity index (χ1v) is 9.11. The first-order chi connectivity index (χ1) is 12.2. The minimum atomic E-state index is 0. The van der Waals surface area contributed by atoms with Crippen LogP contribution in [0.5, 0.6) is 0 Å². The fourth-order valence-corrected chi connectivity index (χ4v) is 3.81. The molecule has 2 aromatic rings. The summed E-state index contributed by atoms with van der Waals surface area (Å²) in [6.07, 6.45) is 4.89. The lowest BCUT2D eigenvalue weighted by molar-refractivity contribution is -0.138. The minimum Gasteiger partial charge on any atom is -0.332 e. The van der Waals surface area contributed by atoms with Crippen LogP contribution in [0.15, 0.2) is 48.7 Å². The molecule has 1 fully saturated rings. The Morgan fingerprint density at radius 2 is 1.96 bits per heavy atom. The van der Waals surface area contributed by atoms with Gasteiger partial charge in [-0.1, -0.05) is 42.3 Å². The maximum Gasteiger partial charge on any atom is 0.226 e. The number of pyridine rings is 1. The van der Waals surface area contributed by atoms with E-state index in [1.165, 1.54) is 5.56 Å². The molecule has 4 nitrogen and oxygen atoms in total. The third-order valence-electron chi connectivity index (χ3n) is 5.13. The Labute approximate surface area is 174 Å². The van der Waals surface area contributed by atoms with Crippen LogP contribution in [0.2, 0.25) is 0 Å². The second-order valence-corrected chi connectivity index (χ2v) is 7.04. The van der Waals surface area contributed by atoms with Gasteiger partial charge in [0.1, 0.15) is 0 Å². The average Bonchev–Trinajstić information content (AvgIpc) is 3.10. The number of halogens is 2. The maximum atomic E-state index is 13.3. The van der Waals surface area contributed by atoms with Crippen molar-refractivity contribution >= 4 is 30.7 Å². The number of benzene rings is 1. The highest BCUT2D eigenvalue weighted by Crippen LogP contribution is 2.33. The summed E-state index contributed by atoms with van der Waals surface area (Å²) < 4.78 is 0. The summed E-state index contributed by atoms with van der Waals surface area (Å²) >= 11 is 0. The van der Waals surface area contributed by atoms with Crippen LogP contribution < -0.4 is 5.73 Å². The fourth-order valence-electron chi connectivity index (χ4n) is 3.81. The van der Waals surface area contributed by atoms with E-state index in [4.69, 9.17) is 5.73 Å². The molecule has 0 unspecified atom stereocenters. The number of carbonyl (C=O) groups excluding carboxylic acids is 1. The highest BCUT2D eigenvalue weighted by molar-refractivity contribution is 5.85. The van der Waals surface area contributed by atoms with Crippen molar-refractivity contribution in [2.75, 3.05) is 6.54 Å². The molecule has 148 valence electrons. The number of nitrogens with zero attached hydrogens (tertiary/aromatic N) is 2. The van der Waals surface area contributed by atoms with Crippen LogP contribution in [0.3, 0.4) is 0 Å². The van der Waals surface area contributed by atoms with Gasteiger partial charge >= 0.3 is 0 Å². The van der Waals surface area contributed by atoms with Crippen LogP contribution in [-0.2, 0) is 17.9 Å². The monoisotopic (exact) mass is 409 g/mol. The number of aryl methyl sites for hydroxylation is 1. The van der Waals surface area contributed by atoms with E-state index >= 15 is 0 Å². The van der Waals surface area contributed by atoms with Crippen LogP contribution in [0, 0.1) is 18.8 Å². The van der Waals surface area contributed by atoms with Crippen molar-refractivity contribution in [1.82, 2.24) is 9.88 Å². The lowest BCUT2D eigenvalue weighted by Crippen LogP contribution is -2.38. The van der Waals surface area contributed by atoms with Crippen molar-refractivity contribution in [3.05, 3.63) is 65.5 Å². The number of rotatable bonds is 6. The molecule has 2 N–H and O–H groups in total. The number of hydrogen-bond donors (Lipinski definition) is 1. The van der Waals surface area contributed by atoms with Gasteiger partial charge in [-0.25, -0.2) is 0 Å². The van der Waals surface area contributed by atoms with Gasteiger partial charge in [0.05, 0.1) is 12.2 Å². The molecule has 1 amide bonds. The molecule has 0 bridgehead atoms. The highest BCUT2D eigenvalue weighted by atomic mass is 35.5. The average molecular weight is 410 g/mol. The molecular weight excluding hydrogens is 381 g/mol. The third kappa shape index (κ3) is 6.20. The van der Waals surface area contributed by atoms with Crippen molar-refractivity contribution < 1.29 is 4.79 Å². The van der Waals surface area contributed by atoms with Gasteiger partial charge < -0.3 is 10.6 Å². The Hall–Kier alpha value is -1.62. The van der Waals surface area contributed by atoms with Gasteiger partial charge in [-0.2, -0.15) is 0 Å². The molecule has 0 saturated heterocycles. The standard InChI is InChI=1S/C21H27N3O.2ClH/c1-16-6-4-7-17(12-16)14-24(15-19-9-2-3-11-23-19)21(25)20-10-5-8-18(20)13-22;;/h2-4,6-7,9,11-12,18,20H,5,8,10,13-15,22H2,1H3;2*1H/t18-,20-;;/m1../s1.